The summed E-state index contributed by atoms with van der Waals surface area (Å²) in [5.41, 5.74) is 1.49. The monoisotopic (exact) mass is 344 g/mol. The van der Waals surface area contributed by atoms with Crippen LogP contribution in [0.2, 0.25) is 0 Å². The van der Waals surface area contributed by atoms with Gasteiger partial charge in [-0.2, -0.15) is 0 Å². The smallest absolute Gasteiger partial charge is 0.251 e. The number of amides is 1. The average molecular weight is 344 g/mol. The largest absolute Gasteiger partial charge is 0.352 e. The lowest BCUT2D eigenvalue weighted by atomic mass is 10.1. The molecule has 1 amide bonds. The van der Waals surface area contributed by atoms with Crippen LogP contribution in [-0.4, -0.2) is 26.9 Å². The quantitative estimate of drug-likeness (QED) is 0.808. The van der Waals surface area contributed by atoms with Gasteiger partial charge in [-0.05, 0) is 43.0 Å². The van der Waals surface area contributed by atoms with Crippen molar-refractivity contribution in [2.24, 2.45) is 0 Å². The number of carbonyl (C=O) groups excluding carboxylic acids is 1. The molecule has 0 bridgehead atoms. The maximum Gasteiger partial charge on any atom is 0.251 e. The molecular weight excluding hydrogens is 324 g/mol. The van der Waals surface area contributed by atoms with E-state index in [-0.39, 0.29) is 16.8 Å². The van der Waals surface area contributed by atoms with Gasteiger partial charge in [0.05, 0.1) is 4.90 Å². The molecule has 0 unspecified atom stereocenters. The number of hydrogen-bond acceptors (Lipinski definition) is 3. The fourth-order valence-corrected chi connectivity index (χ4v) is 3.71. The highest BCUT2D eigenvalue weighted by atomic mass is 32.2. The molecule has 1 fully saturated rings. The zero-order chi connectivity index (χ0) is 17.0. The average Bonchev–Trinajstić information content (AvgIpc) is 3.39. The molecule has 1 aliphatic carbocycles. The third-order valence-electron chi connectivity index (χ3n) is 3.85. The summed E-state index contributed by atoms with van der Waals surface area (Å²) in [5, 5.41) is 2.83. The lowest BCUT2D eigenvalue weighted by Gasteiger charge is -2.08. The molecule has 0 atom stereocenters. The molecule has 0 aliphatic heterocycles. The van der Waals surface area contributed by atoms with E-state index in [0.717, 1.165) is 24.8 Å². The molecule has 2 aromatic carbocycles. The Morgan fingerprint density at radius 1 is 1.04 bits per heavy atom. The van der Waals surface area contributed by atoms with Crippen LogP contribution in [0.1, 0.15) is 28.8 Å². The highest BCUT2D eigenvalue weighted by Gasteiger charge is 2.28. The molecule has 1 aliphatic rings. The molecule has 0 spiro atoms. The Balaban J connectivity index is 1.61. The first-order valence-corrected chi connectivity index (χ1v) is 9.47. The maximum absolute atomic E-state index is 12.2. The van der Waals surface area contributed by atoms with Crippen molar-refractivity contribution in [3.63, 3.8) is 0 Å². The molecule has 0 heterocycles. The number of rotatable bonds is 7. The van der Waals surface area contributed by atoms with E-state index in [2.05, 4.69) is 10.0 Å². The first-order chi connectivity index (χ1) is 11.5. The van der Waals surface area contributed by atoms with Crippen LogP contribution in [0.25, 0.3) is 0 Å². The fourth-order valence-electron chi connectivity index (χ4n) is 2.36. The second-order valence-corrected chi connectivity index (χ2v) is 7.63. The van der Waals surface area contributed by atoms with Gasteiger partial charge in [0.1, 0.15) is 0 Å². The lowest BCUT2D eigenvalue weighted by Crippen LogP contribution is -2.27. The van der Waals surface area contributed by atoms with Crippen LogP contribution in [0, 0.1) is 0 Å². The van der Waals surface area contributed by atoms with Crippen LogP contribution < -0.4 is 10.0 Å². The van der Waals surface area contributed by atoms with Gasteiger partial charge in [-0.1, -0.05) is 36.4 Å². The predicted molar refractivity (Wildman–Crippen MR) is 92.3 cm³/mol. The van der Waals surface area contributed by atoms with E-state index in [1.54, 1.807) is 12.1 Å². The Labute approximate surface area is 142 Å². The Morgan fingerprint density at radius 2 is 1.79 bits per heavy atom. The van der Waals surface area contributed by atoms with Gasteiger partial charge in [-0.3, -0.25) is 4.79 Å². The van der Waals surface area contributed by atoms with Crippen LogP contribution in [0.3, 0.4) is 0 Å². The highest BCUT2D eigenvalue weighted by Crippen LogP contribution is 2.22. The summed E-state index contributed by atoms with van der Waals surface area (Å²) < 4.78 is 27.0. The number of sulfonamides is 1. The van der Waals surface area contributed by atoms with Gasteiger partial charge >= 0.3 is 0 Å². The summed E-state index contributed by atoms with van der Waals surface area (Å²) in [6.45, 7) is 0.500. The minimum atomic E-state index is -3.55. The van der Waals surface area contributed by atoms with Crippen LogP contribution in [0.15, 0.2) is 59.5 Å². The van der Waals surface area contributed by atoms with Crippen LogP contribution in [0.5, 0.6) is 0 Å². The van der Waals surface area contributed by atoms with Crippen molar-refractivity contribution in [1.29, 1.82) is 0 Å². The minimum Gasteiger partial charge on any atom is -0.352 e. The minimum absolute atomic E-state index is 0.0401. The van der Waals surface area contributed by atoms with Gasteiger partial charge < -0.3 is 5.32 Å². The second kappa shape index (κ2) is 7.15. The summed E-state index contributed by atoms with van der Waals surface area (Å²) in [6.07, 6.45) is 2.48. The van der Waals surface area contributed by atoms with Crippen molar-refractivity contribution in [3.8, 4) is 0 Å². The molecule has 0 saturated heterocycles. The van der Waals surface area contributed by atoms with E-state index in [0.29, 0.717) is 12.1 Å². The Bertz CT molecular complexity index is 815. The third kappa shape index (κ3) is 4.43. The molecule has 6 heteroatoms. The van der Waals surface area contributed by atoms with E-state index in [4.69, 9.17) is 0 Å². The van der Waals surface area contributed by atoms with E-state index >= 15 is 0 Å². The third-order valence-corrected chi connectivity index (χ3v) is 5.37. The van der Waals surface area contributed by atoms with Gasteiger partial charge in [0, 0.05) is 18.2 Å². The van der Waals surface area contributed by atoms with Gasteiger partial charge in [0.25, 0.3) is 5.91 Å². The zero-order valence-corrected chi connectivity index (χ0v) is 14.1. The summed E-state index contributed by atoms with van der Waals surface area (Å²) in [5.74, 6) is -0.269. The number of carbonyl (C=O) groups is 1. The standard InChI is InChI=1S/C18H20N2O3S/c21-18(19-12-11-14-5-2-1-3-6-14)15-7-4-8-17(13-15)24(22,23)20-16-9-10-16/h1-8,13,16,20H,9-12H2,(H,19,21). The summed E-state index contributed by atoms with van der Waals surface area (Å²) >= 11 is 0. The summed E-state index contributed by atoms with van der Waals surface area (Å²) in [6, 6.07) is 16.0. The second-order valence-electron chi connectivity index (χ2n) is 5.91. The molecular formula is C18H20N2O3S. The fraction of sp³-hybridized carbons (Fsp3) is 0.278. The molecule has 5 nitrogen and oxygen atoms in total. The molecule has 0 radical (unpaired) electrons. The van der Waals surface area contributed by atoms with Crippen molar-refractivity contribution in [2.45, 2.75) is 30.2 Å². The number of benzene rings is 2. The number of nitrogens with one attached hydrogen (secondary N) is 2. The Kier molecular flexibility index (Phi) is 4.97. The summed E-state index contributed by atoms with van der Waals surface area (Å²) in [7, 11) is -3.55. The normalized spacial score (nSPS) is 14.3. The van der Waals surface area contributed by atoms with Crippen molar-refractivity contribution < 1.29 is 13.2 Å². The van der Waals surface area contributed by atoms with E-state index in [1.165, 1.54) is 12.1 Å². The van der Waals surface area contributed by atoms with Gasteiger partial charge in [-0.15, -0.1) is 0 Å². The Hall–Kier alpha value is -2.18. The SMILES string of the molecule is O=C(NCCc1ccccc1)c1cccc(S(=O)(=O)NC2CC2)c1. The van der Waals surface area contributed by atoms with Gasteiger partial charge in [-0.25, -0.2) is 13.1 Å². The lowest BCUT2D eigenvalue weighted by molar-refractivity contribution is 0.0954. The summed E-state index contributed by atoms with van der Waals surface area (Å²) in [4.78, 5) is 12.4. The van der Waals surface area contributed by atoms with Crippen molar-refractivity contribution >= 4 is 15.9 Å². The van der Waals surface area contributed by atoms with Crippen molar-refractivity contribution in [1.82, 2.24) is 10.0 Å². The molecule has 0 aromatic heterocycles. The molecule has 1 saturated carbocycles. The van der Waals surface area contributed by atoms with Gasteiger partial charge in [0.15, 0.2) is 0 Å². The maximum atomic E-state index is 12.2. The van der Waals surface area contributed by atoms with Crippen LogP contribution in [-0.2, 0) is 16.4 Å². The van der Waals surface area contributed by atoms with Crippen molar-refractivity contribution in [3.05, 3.63) is 65.7 Å². The topological polar surface area (TPSA) is 75.3 Å². The van der Waals surface area contributed by atoms with Gasteiger partial charge in [0.2, 0.25) is 10.0 Å². The first-order valence-electron chi connectivity index (χ1n) is 7.99. The molecule has 3 rings (SSSR count). The zero-order valence-electron chi connectivity index (χ0n) is 13.2. The molecule has 24 heavy (non-hydrogen) atoms. The molecule has 2 N–H and O–H groups in total. The molecule has 2 aromatic rings. The number of hydrogen-bond donors (Lipinski definition) is 2. The molecule has 126 valence electrons. The van der Waals surface area contributed by atoms with Crippen LogP contribution in [0.4, 0.5) is 0 Å². The first kappa shape index (κ1) is 16.7. The van der Waals surface area contributed by atoms with E-state index < -0.39 is 10.0 Å². The highest BCUT2D eigenvalue weighted by molar-refractivity contribution is 7.89. The predicted octanol–water partition coefficient (Wildman–Crippen LogP) is 2.10. The van der Waals surface area contributed by atoms with E-state index in [9.17, 15) is 13.2 Å². The Morgan fingerprint density at radius 3 is 2.50 bits per heavy atom. The van der Waals surface area contributed by atoms with E-state index in [1.807, 2.05) is 30.3 Å². The van der Waals surface area contributed by atoms with Crippen molar-refractivity contribution in [2.75, 3.05) is 6.54 Å². The van der Waals surface area contributed by atoms with Crippen LogP contribution >= 0.6 is 0 Å².